The molecule has 28 heavy (non-hydrogen) atoms. The number of nitrogens with one attached hydrogen (secondary N) is 1. The van der Waals surface area contributed by atoms with E-state index < -0.39 is 29.9 Å². The number of ether oxygens (including phenoxy) is 1. The van der Waals surface area contributed by atoms with Gasteiger partial charge in [-0.1, -0.05) is 12.1 Å². The third-order valence-electron chi connectivity index (χ3n) is 3.87. The fourth-order valence-electron chi connectivity index (χ4n) is 2.55. The summed E-state index contributed by atoms with van der Waals surface area (Å²) in [7, 11) is 1.52. The average Bonchev–Trinajstić information content (AvgIpc) is 2.68. The van der Waals surface area contributed by atoms with Crippen molar-refractivity contribution in [2.45, 2.75) is 12.7 Å². The lowest BCUT2D eigenvalue weighted by Gasteiger charge is -2.12. The second-order valence-electron chi connectivity index (χ2n) is 5.84. The molecule has 0 bridgehead atoms. The number of carbonyl (C=O) groups excluding carboxylic acids is 1. The second-order valence-corrected chi connectivity index (χ2v) is 5.84. The minimum absolute atomic E-state index is 0.0540. The summed E-state index contributed by atoms with van der Waals surface area (Å²) in [6.07, 6.45) is -3.15. The van der Waals surface area contributed by atoms with E-state index in [-0.39, 0.29) is 17.7 Å². The number of alkyl halides is 3. The average molecular weight is 392 g/mol. The van der Waals surface area contributed by atoms with Gasteiger partial charge in [0.25, 0.3) is 11.5 Å². The fourth-order valence-corrected chi connectivity index (χ4v) is 2.55. The first-order valence-electron chi connectivity index (χ1n) is 8.12. The zero-order chi connectivity index (χ0) is 20.3. The van der Waals surface area contributed by atoms with E-state index in [1.165, 1.54) is 23.9 Å². The van der Waals surface area contributed by atoms with Crippen molar-refractivity contribution in [1.82, 2.24) is 19.9 Å². The van der Waals surface area contributed by atoms with Crippen molar-refractivity contribution in [3.8, 4) is 5.75 Å². The van der Waals surface area contributed by atoms with Crippen molar-refractivity contribution in [3.05, 3.63) is 64.2 Å². The second kappa shape index (κ2) is 7.67. The first-order valence-corrected chi connectivity index (χ1v) is 8.12. The summed E-state index contributed by atoms with van der Waals surface area (Å²) in [5.74, 6) is -0.572. The van der Waals surface area contributed by atoms with Gasteiger partial charge in [0.15, 0.2) is 11.3 Å². The van der Waals surface area contributed by atoms with E-state index in [0.717, 1.165) is 0 Å². The molecule has 1 aromatic carbocycles. The van der Waals surface area contributed by atoms with Crippen LogP contribution < -0.4 is 15.6 Å². The molecule has 0 saturated carbocycles. The topological polar surface area (TPSA) is 86.1 Å². The van der Waals surface area contributed by atoms with E-state index in [1.807, 2.05) is 0 Å². The van der Waals surface area contributed by atoms with Crippen molar-refractivity contribution in [2.24, 2.45) is 0 Å². The molecule has 0 aliphatic carbocycles. The van der Waals surface area contributed by atoms with E-state index in [0.29, 0.717) is 11.3 Å². The Hall–Kier alpha value is -3.43. The lowest BCUT2D eigenvalue weighted by molar-refractivity contribution is -0.123. The molecule has 0 radical (unpaired) electrons. The van der Waals surface area contributed by atoms with Gasteiger partial charge in [-0.3, -0.25) is 14.2 Å². The van der Waals surface area contributed by atoms with E-state index in [2.05, 4.69) is 9.97 Å². The molecule has 0 atom stereocenters. The Morgan fingerprint density at radius 1 is 1.21 bits per heavy atom. The quantitative estimate of drug-likeness (QED) is 0.719. The van der Waals surface area contributed by atoms with Gasteiger partial charge in [-0.25, -0.2) is 9.97 Å². The van der Waals surface area contributed by atoms with Crippen LogP contribution in [0.1, 0.15) is 16.1 Å². The van der Waals surface area contributed by atoms with Crippen LogP contribution in [0.4, 0.5) is 13.2 Å². The van der Waals surface area contributed by atoms with Crippen LogP contribution in [-0.2, 0) is 6.54 Å². The molecule has 3 rings (SSSR count). The van der Waals surface area contributed by atoms with Crippen LogP contribution >= 0.6 is 0 Å². The fraction of sp³-hybridized carbons (Fsp3) is 0.222. The molecule has 0 aliphatic rings. The summed E-state index contributed by atoms with van der Waals surface area (Å²) in [5, 5.41) is 1.67. The molecule has 146 valence electrons. The van der Waals surface area contributed by atoms with Gasteiger partial charge in [0.1, 0.15) is 17.8 Å². The van der Waals surface area contributed by atoms with Crippen molar-refractivity contribution >= 4 is 17.1 Å². The molecule has 0 fully saturated rings. The molecule has 2 aromatic heterocycles. The summed E-state index contributed by atoms with van der Waals surface area (Å²) >= 11 is 0. The number of pyridine rings is 1. The molecule has 0 spiro atoms. The van der Waals surface area contributed by atoms with Crippen molar-refractivity contribution in [2.75, 3.05) is 13.7 Å². The van der Waals surface area contributed by atoms with Gasteiger partial charge in [0.05, 0.1) is 13.7 Å². The zero-order valence-corrected chi connectivity index (χ0v) is 14.7. The number of amides is 1. The van der Waals surface area contributed by atoms with E-state index in [9.17, 15) is 22.8 Å². The van der Waals surface area contributed by atoms with Gasteiger partial charge < -0.3 is 10.1 Å². The van der Waals surface area contributed by atoms with E-state index >= 15 is 0 Å². The highest BCUT2D eigenvalue weighted by atomic mass is 19.4. The largest absolute Gasteiger partial charge is 0.497 e. The van der Waals surface area contributed by atoms with Gasteiger partial charge in [-0.15, -0.1) is 0 Å². The normalized spacial score (nSPS) is 11.4. The molecule has 10 heteroatoms. The minimum Gasteiger partial charge on any atom is -0.497 e. The first-order chi connectivity index (χ1) is 13.3. The summed E-state index contributed by atoms with van der Waals surface area (Å²) < 4.78 is 43.4. The predicted octanol–water partition coefficient (Wildman–Crippen LogP) is 2.14. The highest BCUT2D eigenvalue weighted by Crippen LogP contribution is 2.15. The van der Waals surface area contributed by atoms with Crippen LogP contribution in [0.25, 0.3) is 11.2 Å². The van der Waals surface area contributed by atoms with E-state index in [4.69, 9.17) is 4.74 Å². The number of hydrogen-bond acceptors (Lipinski definition) is 5. The Morgan fingerprint density at radius 2 is 1.93 bits per heavy atom. The monoisotopic (exact) mass is 392 g/mol. The standard InChI is InChI=1S/C18H15F3N4O3/c1-28-12-6-4-11(5-7-12)9-25-15-13(3-2-8-22-15)24-14(17(25)27)16(26)23-10-18(19,20)21/h2-8H,9-10H2,1H3,(H,23,26). The lowest BCUT2D eigenvalue weighted by atomic mass is 10.2. The van der Waals surface area contributed by atoms with Gasteiger partial charge in [-0.05, 0) is 29.8 Å². The van der Waals surface area contributed by atoms with Crippen molar-refractivity contribution in [3.63, 3.8) is 0 Å². The molecule has 1 amide bonds. The number of methoxy groups -OCH3 is 1. The van der Waals surface area contributed by atoms with Gasteiger partial charge in [0.2, 0.25) is 0 Å². The number of hydrogen-bond donors (Lipinski definition) is 1. The van der Waals surface area contributed by atoms with Crippen LogP contribution in [-0.4, -0.2) is 40.3 Å². The van der Waals surface area contributed by atoms with Gasteiger partial charge in [-0.2, -0.15) is 13.2 Å². The highest BCUT2D eigenvalue weighted by Gasteiger charge is 2.29. The summed E-state index contributed by atoms with van der Waals surface area (Å²) in [5.41, 5.74) is -0.314. The first kappa shape index (κ1) is 19.3. The predicted molar refractivity (Wildman–Crippen MR) is 94.3 cm³/mol. The Morgan fingerprint density at radius 3 is 2.57 bits per heavy atom. The van der Waals surface area contributed by atoms with Crippen LogP contribution in [0.15, 0.2) is 47.4 Å². The number of aromatic nitrogens is 3. The third-order valence-corrected chi connectivity index (χ3v) is 3.87. The summed E-state index contributed by atoms with van der Waals surface area (Å²) in [6.45, 7) is -1.51. The van der Waals surface area contributed by atoms with Crippen molar-refractivity contribution < 1.29 is 22.7 Å². The molecule has 0 unspecified atom stereocenters. The van der Waals surface area contributed by atoms with Crippen LogP contribution in [0.5, 0.6) is 5.75 Å². The molecular formula is C18H15F3N4O3. The maximum atomic E-state index is 12.8. The number of benzene rings is 1. The molecule has 1 N–H and O–H groups in total. The lowest BCUT2D eigenvalue weighted by Crippen LogP contribution is -2.39. The molecule has 7 nitrogen and oxygen atoms in total. The molecule has 3 aromatic rings. The number of halogens is 3. The van der Waals surface area contributed by atoms with E-state index in [1.54, 1.807) is 35.6 Å². The Balaban J connectivity index is 2.03. The number of nitrogens with zero attached hydrogens (tertiary/aromatic N) is 3. The van der Waals surface area contributed by atoms with Crippen LogP contribution in [0, 0.1) is 0 Å². The SMILES string of the molecule is COc1ccc(Cn2c(=O)c(C(=O)NCC(F)(F)F)nc3cccnc32)cc1. The molecule has 2 heterocycles. The van der Waals surface area contributed by atoms with Crippen LogP contribution in [0.2, 0.25) is 0 Å². The Kier molecular flexibility index (Phi) is 5.30. The molecule has 0 saturated heterocycles. The minimum atomic E-state index is -4.60. The third kappa shape index (κ3) is 4.27. The molecule has 0 aliphatic heterocycles. The number of carbonyl (C=O) groups is 1. The molecular weight excluding hydrogens is 377 g/mol. The number of fused-ring (bicyclic) bond motifs is 1. The van der Waals surface area contributed by atoms with Crippen LogP contribution in [0.3, 0.4) is 0 Å². The van der Waals surface area contributed by atoms with Gasteiger partial charge >= 0.3 is 6.18 Å². The van der Waals surface area contributed by atoms with Gasteiger partial charge in [0, 0.05) is 6.20 Å². The zero-order valence-electron chi connectivity index (χ0n) is 14.7. The Bertz CT molecular complexity index is 1060. The number of rotatable bonds is 5. The summed E-state index contributed by atoms with van der Waals surface area (Å²) in [6, 6.07) is 9.93. The Labute approximate surface area is 156 Å². The highest BCUT2D eigenvalue weighted by molar-refractivity contribution is 5.93. The summed E-state index contributed by atoms with van der Waals surface area (Å²) in [4.78, 5) is 32.9. The maximum Gasteiger partial charge on any atom is 0.405 e. The smallest absolute Gasteiger partial charge is 0.405 e. The maximum absolute atomic E-state index is 12.8. The van der Waals surface area contributed by atoms with Crippen molar-refractivity contribution in [1.29, 1.82) is 0 Å².